The summed E-state index contributed by atoms with van der Waals surface area (Å²) in [6.07, 6.45) is 3.25. The molecule has 1 aliphatic heterocycles. The van der Waals surface area contributed by atoms with Crippen molar-refractivity contribution in [3.05, 3.63) is 41.9 Å². The Morgan fingerprint density at radius 2 is 2.00 bits per heavy atom. The highest BCUT2D eigenvalue weighted by molar-refractivity contribution is 6.05. The van der Waals surface area contributed by atoms with Gasteiger partial charge in [0.2, 0.25) is 0 Å². The summed E-state index contributed by atoms with van der Waals surface area (Å²) >= 11 is 0. The van der Waals surface area contributed by atoms with Crippen molar-refractivity contribution < 1.29 is 19.4 Å². The van der Waals surface area contributed by atoms with E-state index >= 15 is 0 Å². The van der Waals surface area contributed by atoms with Crippen molar-refractivity contribution in [1.29, 1.82) is 0 Å². The summed E-state index contributed by atoms with van der Waals surface area (Å²) < 4.78 is 7.28. The molecule has 0 radical (unpaired) electrons. The van der Waals surface area contributed by atoms with Gasteiger partial charge < -0.3 is 14.4 Å². The molecule has 138 valence electrons. The van der Waals surface area contributed by atoms with E-state index in [0.717, 1.165) is 21.9 Å². The third-order valence-electron chi connectivity index (χ3n) is 4.17. The molecule has 0 atom stereocenters. The van der Waals surface area contributed by atoms with E-state index in [2.05, 4.69) is 4.98 Å². The number of imide groups is 1. The van der Waals surface area contributed by atoms with Gasteiger partial charge in [-0.25, -0.2) is 9.69 Å². The zero-order chi connectivity index (χ0) is 18.9. The fraction of sp³-hybridized carbons (Fsp3) is 0.421. The van der Waals surface area contributed by atoms with E-state index in [9.17, 15) is 14.7 Å². The second-order valence-electron chi connectivity index (χ2n) is 7.19. The maximum atomic E-state index is 12.9. The zero-order valence-corrected chi connectivity index (χ0v) is 15.2. The first-order valence-corrected chi connectivity index (χ1v) is 8.60. The highest BCUT2D eigenvalue weighted by Crippen LogP contribution is 2.30. The number of rotatable bonds is 3. The Bertz CT molecular complexity index is 821. The van der Waals surface area contributed by atoms with Crippen LogP contribution < -0.4 is 0 Å². The molecule has 7 nitrogen and oxygen atoms in total. The first kappa shape index (κ1) is 18.1. The number of aromatic nitrogens is 2. The molecule has 1 N–H and O–H groups in total. The predicted octanol–water partition coefficient (Wildman–Crippen LogP) is 2.48. The quantitative estimate of drug-likeness (QED) is 0.912. The van der Waals surface area contributed by atoms with Gasteiger partial charge in [-0.2, -0.15) is 0 Å². The van der Waals surface area contributed by atoms with Gasteiger partial charge in [0, 0.05) is 48.9 Å². The number of fused-ring (bicyclic) bond motifs is 1. The van der Waals surface area contributed by atoms with Crippen LogP contribution in [0, 0.1) is 0 Å². The lowest BCUT2D eigenvalue weighted by Gasteiger charge is -2.29. The van der Waals surface area contributed by atoms with Crippen molar-refractivity contribution in [2.75, 3.05) is 13.2 Å². The Labute approximate surface area is 152 Å². The van der Waals surface area contributed by atoms with Crippen molar-refractivity contribution in [2.24, 2.45) is 0 Å². The second-order valence-corrected chi connectivity index (χ2v) is 7.19. The average Bonchev–Trinajstić information content (AvgIpc) is 2.94. The van der Waals surface area contributed by atoms with Crippen LogP contribution >= 0.6 is 0 Å². The van der Waals surface area contributed by atoms with E-state index in [4.69, 9.17) is 4.74 Å². The maximum absolute atomic E-state index is 12.9. The molecular formula is C19H23N3O4. The SMILES string of the molecule is CC(C)(C)OC(=O)N1CCc2c(cc(-c3ccncc3)n2CCO)C1=O. The van der Waals surface area contributed by atoms with Crippen molar-refractivity contribution in [3.8, 4) is 11.3 Å². The van der Waals surface area contributed by atoms with Gasteiger partial charge in [-0.15, -0.1) is 0 Å². The number of nitrogens with zero attached hydrogens (tertiary/aromatic N) is 3. The van der Waals surface area contributed by atoms with Crippen LogP contribution in [-0.2, 0) is 17.7 Å². The van der Waals surface area contributed by atoms with Crippen LogP contribution in [0.2, 0.25) is 0 Å². The van der Waals surface area contributed by atoms with Gasteiger partial charge in [0.1, 0.15) is 5.60 Å². The number of hydrogen-bond acceptors (Lipinski definition) is 5. The molecule has 0 aliphatic carbocycles. The molecule has 7 heteroatoms. The Morgan fingerprint density at radius 1 is 1.31 bits per heavy atom. The lowest BCUT2D eigenvalue weighted by atomic mass is 10.1. The number of hydrogen-bond donors (Lipinski definition) is 1. The van der Waals surface area contributed by atoms with Crippen LogP contribution in [0.1, 0.15) is 36.8 Å². The van der Waals surface area contributed by atoms with Crippen LogP contribution in [0.4, 0.5) is 4.79 Å². The lowest BCUT2D eigenvalue weighted by Crippen LogP contribution is -2.44. The summed E-state index contributed by atoms with van der Waals surface area (Å²) in [7, 11) is 0. The highest BCUT2D eigenvalue weighted by Gasteiger charge is 2.35. The largest absolute Gasteiger partial charge is 0.443 e. The maximum Gasteiger partial charge on any atom is 0.417 e. The van der Waals surface area contributed by atoms with Gasteiger partial charge in [0.05, 0.1) is 12.2 Å². The summed E-state index contributed by atoms with van der Waals surface area (Å²) in [5, 5.41) is 9.44. The number of ether oxygens (including phenoxy) is 1. The molecule has 0 aromatic carbocycles. The fourth-order valence-electron chi connectivity index (χ4n) is 3.12. The monoisotopic (exact) mass is 357 g/mol. The molecule has 2 aromatic rings. The van der Waals surface area contributed by atoms with Crippen LogP contribution in [0.15, 0.2) is 30.6 Å². The molecule has 0 saturated carbocycles. The van der Waals surface area contributed by atoms with Crippen LogP contribution in [0.5, 0.6) is 0 Å². The van der Waals surface area contributed by atoms with Crippen molar-refractivity contribution in [1.82, 2.24) is 14.5 Å². The van der Waals surface area contributed by atoms with Gasteiger partial charge in [-0.05, 0) is 39.0 Å². The van der Waals surface area contributed by atoms with Crippen molar-refractivity contribution in [2.45, 2.75) is 39.3 Å². The van der Waals surface area contributed by atoms with Crippen molar-refractivity contribution in [3.63, 3.8) is 0 Å². The molecule has 2 amide bonds. The van der Waals surface area contributed by atoms with Gasteiger partial charge >= 0.3 is 6.09 Å². The average molecular weight is 357 g/mol. The van der Waals surface area contributed by atoms with Gasteiger partial charge in [0.25, 0.3) is 5.91 Å². The van der Waals surface area contributed by atoms with E-state index in [1.807, 2.05) is 16.7 Å². The highest BCUT2D eigenvalue weighted by atomic mass is 16.6. The number of aliphatic hydroxyl groups is 1. The molecule has 0 unspecified atom stereocenters. The van der Waals surface area contributed by atoms with Gasteiger partial charge in [-0.1, -0.05) is 0 Å². The summed E-state index contributed by atoms with van der Waals surface area (Å²) in [6.45, 7) is 5.90. The Morgan fingerprint density at radius 3 is 2.62 bits per heavy atom. The van der Waals surface area contributed by atoms with Gasteiger partial charge in [-0.3, -0.25) is 9.78 Å². The number of carbonyl (C=O) groups excluding carboxylic acids is 2. The van der Waals surface area contributed by atoms with Crippen LogP contribution in [0.3, 0.4) is 0 Å². The second kappa shape index (κ2) is 6.92. The number of carbonyl (C=O) groups is 2. The first-order chi connectivity index (χ1) is 12.3. The Balaban J connectivity index is 1.98. The molecule has 2 aromatic heterocycles. The Kier molecular flexibility index (Phi) is 4.82. The minimum atomic E-state index is -0.664. The van der Waals surface area contributed by atoms with Gasteiger partial charge in [0.15, 0.2) is 0 Å². The standard InChI is InChI=1S/C19H23N3O4/c1-19(2,3)26-18(25)22-9-6-15-14(17(22)24)12-16(21(15)10-11-23)13-4-7-20-8-5-13/h4-5,7-8,12,23H,6,9-11H2,1-3H3. The number of amides is 2. The van der Waals surface area contributed by atoms with Crippen LogP contribution in [-0.4, -0.2) is 50.3 Å². The van der Waals surface area contributed by atoms with E-state index in [1.165, 1.54) is 0 Å². The number of aliphatic hydroxyl groups excluding tert-OH is 1. The number of pyridine rings is 1. The molecule has 0 bridgehead atoms. The molecule has 3 heterocycles. The minimum Gasteiger partial charge on any atom is -0.443 e. The fourth-order valence-corrected chi connectivity index (χ4v) is 3.12. The smallest absolute Gasteiger partial charge is 0.417 e. The Hall–Kier alpha value is -2.67. The molecular weight excluding hydrogens is 334 g/mol. The molecule has 26 heavy (non-hydrogen) atoms. The summed E-state index contributed by atoms with van der Waals surface area (Å²) in [5.74, 6) is -0.368. The first-order valence-electron chi connectivity index (χ1n) is 8.60. The zero-order valence-electron chi connectivity index (χ0n) is 15.2. The molecule has 0 saturated heterocycles. The summed E-state index contributed by atoms with van der Waals surface area (Å²) in [4.78, 5) is 30.4. The van der Waals surface area contributed by atoms with Crippen LogP contribution in [0.25, 0.3) is 11.3 Å². The third kappa shape index (κ3) is 3.48. The van der Waals surface area contributed by atoms with E-state index in [0.29, 0.717) is 18.5 Å². The molecule has 0 spiro atoms. The lowest BCUT2D eigenvalue weighted by molar-refractivity contribution is 0.0232. The normalized spacial score (nSPS) is 14.3. The minimum absolute atomic E-state index is 0.0385. The van der Waals surface area contributed by atoms with E-state index in [1.54, 1.807) is 39.2 Å². The summed E-state index contributed by atoms with van der Waals surface area (Å²) in [5.41, 5.74) is 2.37. The summed E-state index contributed by atoms with van der Waals surface area (Å²) in [6, 6.07) is 5.48. The molecule has 1 aliphatic rings. The van der Waals surface area contributed by atoms with Crippen molar-refractivity contribution >= 4 is 12.0 Å². The molecule has 3 rings (SSSR count). The van der Waals surface area contributed by atoms with E-state index in [-0.39, 0.29) is 19.1 Å². The third-order valence-corrected chi connectivity index (χ3v) is 4.17. The van der Waals surface area contributed by atoms with E-state index < -0.39 is 11.7 Å². The predicted molar refractivity (Wildman–Crippen MR) is 95.7 cm³/mol. The molecule has 0 fully saturated rings. The topological polar surface area (TPSA) is 84.7 Å².